The largest absolute Gasteiger partial charge is 0.321 e. The van der Waals surface area contributed by atoms with Crippen molar-refractivity contribution in [3.8, 4) is 0 Å². The molecule has 0 amide bonds. The second-order valence-corrected chi connectivity index (χ2v) is 5.44. The van der Waals surface area contributed by atoms with Gasteiger partial charge < -0.3 is 9.88 Å². The second kappa shape index (κ2) is 5.23. The number of hydrogen-bond donors (Lipinski definition) is 1. The lowest BCUT2D eigenvalue weighted by atomic mass is 10.1. The Kier molecular flexibility index (Phi) is 3.94. The van der Waals surface area contributed by atoms with E-state index in [0.717, 1.165) is 12.4 Å². The molecule has 0 radical (unpaired) electrons. The van der Waals surface area contributed by atoms with Gasteiger partial charge in [-0.1, -0.05) is 11.6 Å². The number of imidazole rings is 1. The van der Waals surface area contributed by atoms with Crippen molar-refractivity contribution in [3.05, 3.63) is 17.2 Å². The number of halogens is 1. The Balaban J connectivity index is 1.84. The van der Waals surface area contributed by atoms with Crippen LogP contribution in [0.2, 0.25) is 5.15 Å². The third kappa shape index (κ3) is 2.89. The number of thioether (sulfide) groups is 1. The monoisotopic (exact) mass is 245 g/mol. The van der Waals surface area contributed by atoms with Crippen LogP contribution in [0.25, 0.3) is 0 Å². The maximum Gasteiger partial charge on any atom is 0.128 e. The molecule has 5 heteroatoms. The first-order chi connectivity index (χ1) is 7.27. The van der Waals surface area contributed by atoms with Crippen LogP contribution in [0, 0.1) is 0 Å². The van der Waals surface area contributed by atoms with E-state index >= 15 is 0 Å². The van der Waals surface area contributed by atoms with Crippen LogP contribution < -0.4 is 5.32 Å². The van der Waals surface area contributed by atoms with Crippen LogP contribution in [-0.4, -0.2) is 27.1 Å². The maximum absolute atomic E-state index is 5.92. The van der Waals surface area contributed by atoms with Crippen molar-refractivity contribution in [2.45, 2.75) is 25.4 Å². The molecule has 1 saturated heterocycles. The minimum absolute atomic E-state index is 0.654. The average molecular weight is 246 g/mol. The van der Waals surface area contributed by atoms with E-state index in [1.165, 1.54) is 24.3 Å². The minimum Gasteiger partial charge on any atom is -0.321 e. The molecular formula is C10H16ClN3S. The van der Waals surface area contributed by atoms with E-state index in [1.807, 2.05) is 23.4 Å². The van der Waals surface area contributed by atoms with E-state index in [2.05, 4.69) is 10.3 Å². The highest BCUT2D eigenvalue weighted by molar-refractivity contribution is 7.99. The molecule has 2 rings (SSSR count). The second-order valence-electron chi connectivity index (χ2n) is 3.82. The topological polar surface area (TPSA) is 29.9 Å². The SMILES string of the molecule is Cn1c(Cl)cnc1CNC1CCSCC1. The first-order valence-electron chi connectivity index (χ1n) is 5.24. The van der Waals surface area contributed by atoms with Crippen molar-refractivity contribution in [1.82, 2.24) is 14.9 Å². The van der Waals surface area contributed by atoms with Gasteiger partial charge in [0.2, 0.25) is 0 Å². The van der Waals surface area contributed by atoms with E-state index in [9.17, 15) is 0 Å². The van der Waals surface area contributed by atoms with E-state index in [0.29, 0.717) is 11.2 Å². The molecule has 0 saturated carbocycles. The van der Waals surface area contributed by atoms with Crippen LogP contribution in [0.3, 0.4) is 0 Å². The number of nitrogens with zero attached hydrogens (tertiary/aromatic N) is 2. The van der Waals surface area contributed by atoms with Gasteiger partial charge in [-0.3, -0.25) is 0 Å². The first kappa shape index (κ1) is 11.3. The van der Waals surface area contributed by atoms with Gasteiger partial charge in [-0.05, 0) is 24.3 Å². The number of rotatable bonds is 3. The first-order valence-corrected chi connectivity index (χ1v) is 6.78. The van der Waals surface area contributed by atoms with Crippen molar-refractivity contribution in [2.24, 2.45) is 7.05 Å². The Labute approximate surface area is 99.6 Å². The summed E-state index contributed by atoms with van der Waals surface area (Å²) in [5.74, 6) is 3.57. The van der Waals surface area contributed by atoms with E-state index in [4.69, 9.17) is 11.6 Å². The van der Waals surface area contributed by atoms with Gasteiger partial charge in [0.1, 0.15) is 11.0 Å². The standard InChI is InChI=1S/C10H16ClN3S/c1-14-9(11)6-13-10(14)7-12-8-2-4-15-5-3-8/h6,8,12H,2-5,7H2,1H3. The van der Waals surface area contributed by atoms with Gasteiger partial charge in [0, 0.05) is 13.1 Å². The predicted molar refractivity (Wildman–Crippen MR) is 65.4 cm³/mol. The highest BCUT2D eigenvalue weighted by Gasteiger charge is 2.13. The lowest BCUT2D eigenvalue weighted by Gasteiger charge is -2.22. The molecule has 1 aromatic rings. The lowest BCUT2D eigenvalue weighted by molar-refractivity contribution is 0.470. The zero-order valence-corrected chi connectivity index (χ0v) is 10.4. The van der Waals surface area contributed by atoms with Gasteiger partial charge in [0.05, 0.1) is 12.7 Å². The van der Waals surface area contributed by atoms with Crippen LogP contribution in [0.4, 0.5) is 0 Å². The van der Waals surface area contributed by atoms with Crippen molar-refractivity contribution in [1.29, 1.82) is 0 Å². The predicted octanol–water partition coefficient (Wildman–Crippen LogP) is 2.06. The molecular weight excluding hydrogens is 230 g/mol. The lowest BCUT2D eigenvalue weighted by Crippen LogP contribution is -2.32. The third-order valence-electron chi connectivity index (χ3n) is 2.80. The molecule has 0 atom stereocenters. The van der Waals surface area contributed by atoms with E-state index in [1.54, 1.807) is 6.20 Å². The van der Waals surface area contributed by atoms with Gasteiger partial charge >= 0.3 is 0 Å². The van der Waals surface area contributed by atoms with Crippen LogP contribution in [0.5, 0.6) is 0 Å². The van der Waals surface area contributed by atoms with Crippen LogP contribution in [0.1, 0.15) is 18.7 Å². The average Bonchev–Trinajstić information content (AvgIpc) is 2.59. The van der Waals surface area contributed by atoms with Crippen LogP contribution in [0.15, 0.2) is 6.20 Å². The quantitative estimate of drug-likeness (QED) is 0.884. The fraction of sp³-hybridized carbons (Fsp3) is 0.700. The molecule has 3 nitrogen and oxygen atoms in total. The molecule has 2 heterocycles. The molecule has 1 aliphatic rings. The highest BCUT2D eigenvalue weighted by Crippen LogP contribution is 2.17. The van der Waals surface area contributed by atoms with Crippen molar-refractivity contribution in [2.75, 3.05) is 11.5 Å². The Bertz CT molecular complexity index is 320. The van der Waals surface area contributed by atoms with Crippen LogP contribution in [-0.2, 0) is 13.6 Å². The molecule has 0 spiro atoms. The molecule has 1 fully saturated rings. The summed E-state index contributed by atoms with van der Waals surface area (Å²) >= 11 is 7.97. The van der Waals surface area contributed by atoms with E-state index < -0.39 is 0 Å². The number of aromatic nitrogens is 2. The molecule has 1 N–H and O–H groups in total. The maximum atomic E-state index is 5.92. The summed E-state index contributed by atoms with van der Waals surface area (Å²) in [5.41, 5.74) is 0. The summed E-state index contributed by atoms with van der Waals surface area (Å²) in [5, 5.41) is 4.24. The fourth-order valence-corrected chi connectivity index (χ4v) is 2.98. The smallest absolute Gasteiger partial charge is 0.128 e. The molecule has 1 aliphatic heterocycles. The molecule has 0 bridgehead atoms. The summed E-state index contributed by atoms with van der Waals surface area (Å²) in [6.45, 7) is 0.818. The molecule has 84 valence electrons. The van der Waals surface area contributed by atoms with Gasteiger partial charge in [-0.2, -0.15) is 11.8 Å². The highest BCUT2D eigenvalue weighted by atomic mass is 35.5. The van der Waals surface area contributed by atoms with Crippen LogP contribution >= 0.6 is 23.4 Å². The Morgan fingerprint density at radius 2 is 2.33 bits per heavy atom. The number of hydrogen-bond acceptors (Lipinski definition) is 3. The summed E-state index contributed by atoms with van der Waals surface area (Å²) in [7, 11) is 1.95. The Morgan fingerprint density at radius 1 is 1.60 bits per heavy atom. The number of nitrogens with one attached hydrogen (secondary N) is 1. The van der Waals surface area contributed by atoms with E-state index in [-0.39, 0.29) is 0 Å². The minimum atomic E-state index is 0.654. The molecule has 1 aromatic heterocycles. The van der Waals surface area contributed by atoms with Crippen molar-refractivity contribution in [3.63, 3.8) is 0 Å². The molecule has 0 aromatic carbocycles. The Hall–Kier alpha value is -0.190. The zero-order chi connectivity index (χ0) is 10.7. The Morgan fingerprint density at radius 3 is 2.93 bits per heavy atom. The summed E-state index contributed by atoms with van der Waals surface area (Å²) < 4.78 is 1.92. The third-order valence-corrected chi connectivity index (χ3v) is 4.20. The molecule has 15 heavy (non-hydrogen) atoms. The van der Waals surface area contributed by atoms with Gasteiger partial charge in [-0.15, -0.1) is 0 Å². The molecule has 0 unspecified atom stereocenters. The summed E-state index contributed by atoms with van der Waals surface area (Å²) in [4.78, 5) is 4.26. The van der Waals surface area contributed by atoms with Crippen molar-refractivity contribution >= 4 is 23.4 Å². The van der Waals surface area contributed by atoms with Gasteiger partial charge in [0.15, 0.2) is 0 Å². The molecule has 0 aliphatic carbocycles. The zero-order valence-electron chi connectivity index (χ0n) is 8.87. The van der Waals surface area contributed by atoms with Crippen molar-refractivity contribution < 1.29 is 0 Å². The summed E-state index contributed by atoms with van der Waals surface area (Å²) in [6.07, 6.45) is 4.24. The normalized spacial score (nSPS) is 18.3. The fourth-order valence-electron chi connectivity index (χ4n) is 1.73. The van der Waals surface area contributed by atoms with Gasteiger partial charge in [-0.25, -0.2) is 4.98 Å². The van der Waals surface area contributed by atoms with Gasteiger partial charge in [0.25, 0.3) is 0 Å². The summed E-state index contributed by atoms with van der Waals surface area (Å²) in [6, 6.07) is 0.654.